The molecule has 0 bridgehead atoms. The molecule has 1 unspecified atom stereocenters. The van der Waals surface area contributed by atoms with Crippen LogP contribution in [0.25, 0.3) is 0 Å². The molecule has 23 heavy (non-hydrogen) atoms. The first-order valence-corrected chi connectivity index (χ1v) is 7.55. The first-order valence-electron chi connectivity index (χ1n) is 7.55. The Morgan fingerprint density at radius 3 is 2.43 bits per heavy atom. The maximum Gasteiger partial charge on any atom is 0.224 e. The molecule has 1 aromatic rings. The van der Waals surface area contributed by atoms with Crippen molar-refractivity contribution in [2.75, 3.05) is 26.2 Å². The summed E-state index contributed by atoms with van der Waals surface area (Å²) in [5.41, 5.74) is 6.80. The Bertz CT molecular complexity index is 471. The van der Waals surface area contributed by atoms with Crippen molar-refractivity contribution in [3.63, 3.8) is 0 Å². The van der Waals surface area contributed by atoms with Gasteiger partial charge in [-0.05, 0) is 31.0 Å². The molecule has 1 heterocycles. The topological polar surface area (TPSA) is 49.6 Å². The first-order chi connectivity index (χ1) is 10.0. The number of hydrogen-bond acceptors (Lipinski definition) is 3. The van der Waals surface area contributed by atoms with E-state index in [1.165, 1.54) is 12.1 Å². The van der Waals surface area contributed by atoms with Gasteiger partial charge in [-0.25, -0.2) is 4.39 Å². The van der Waals surface area contributed by atoms with E-state index in [1.54, 1.807) is 0 Å². The van der Waals surface area contributed by atoms with Crippen LogP contribution in [-0.2, 0) is 11.3 Å². The minimum absolute atomic E-state index is 0. The zero-order chi connectivity index (χ0) is 15.2. The molecule has 0 radical (unpaired) electrons. The van der Waals surface area contributed by atoms with Gasteiger partial charge in [0.05, 0.1) is 0 Å². The summed E-state index contributed by atoms with van der Waals surface area (Å²) in [6.07, 6.45) is 1.38. The van der Waals surface area contributed by atoms with Crippen LogP contribution in [0.1, 0.15) is 25.3 Å². The number of amides is 1. The van der Waals surface area contributed by atoms with Crippen molar-refractivity contribution >= 4 is 30.7 Å². The molecular formula is C16H26Cl2FN3O. The molecule has 0 spiro atoms. The van der Waals surface area contributed by atoms with Crippen molar-refractivity contribution in [2.24, 2.45) is 5.73 Å². The summed E-state index contributed by atoms with van der Waals surface area (Å²) in [4.78, 5) is 16.3. The molecule has 7 heteroatoms. The molecule has 4 nitrogen and oxygen atoms in total. The maximum atomic E-state index is 12.9. The Morgan fingerprint density at radius 2 is 1.83 bits per heavy atom. The van der Waals surface area contributed by atoms with Gasteiger partial charge in [0.15, 0.2) is 0 Å². The largest absolute Gasteiger partial charge is 0.341 e. The Kier molecular flexibility index (Phi) is 10.4. The predicted octanol–water partition coefficient (Wildman–Crippen LogP) is 2.44. The van der Waals surface area contributed by atoms with Gasteiger partial charge in [0.1, 0.15) is 5.82 Å². The monoisotopic (exact) mass is 365 g/mol. The number of carbonyl (C=O) groups is 1. The van der Waals surface area contributed by atoms with Crippen molar-refractivity contribution in [2.45, 2.75) is 32.4 Å². The van der Waals surface area contributed by atoms with Crippen LogP contribution in [0.15, 0.2) is 24.3 Å². The van der Waals surface area contributed by atoms with Gasteiger partial charge in [0.25, 0.3) is 0 Å². The molecular weight excluding hydrogens is 340 g/mol. The van der Waals surface area contributed by atoms with Crippen molar-refractivity contribution in [1.82, 2.24) is 9.80 Å². The highest BCUT2D eigenvalue weighted by molar-refractivity contribution is 5.85. The Hall–Kier alpha value is -0.880. The smallest absolute Gasteiger partial charge is 0.224 e. The maximum absolute atomic E-state index is 12.9. The van der Waals surface area contributed by atoms with Crippen LogP contribution in [0.4, 0.5) is 4.39 Å². The van der Waals surface area contributed by atoms with E-state index in [2.05, 4.69) is 4.90 Å². The predicted molar refractivity (Wildman–Crippen MR) is 95.6 cm³/mol. The molecule has 1 amide bonds. The second-order valence-corrected chi connectivity index (χ2v) is 5.82. The number of rotatable bonds is 4. The van der Waals surface area contributed by atoms with Crippen LogP contribution in [0.5, 0.6) is 0 Å². The van der Waals surface area contributed by atoms with Crippen molar-refractivity contribution in [1.29, 1.82) is 0 Å². The summed E-state index contributed by atoms with van der Waals surface area (Å²) in [5, 5.41) is 0. The summed E-state index contributed by atoms with van der Waals surface area (Å²) in [5.74, 6) is -0.0593. The third kappa shape index (κ3) is 7.48. The van der Waals surface area contributed by atoms with Gasteiger partial charge in [-0.3, -0.25) is 9.69 Å². The van der Waals surface area contributed by atoms with Gasteiger partial charge in [-0.2, -0.15) is 0 Å². The lowest BCUT2D eigenvalue weighted by molar-refractivity contribution is -0.131. The fourth-order valence-corrected chi connectivity index (χ4v) is 2.63. The molecule has 1 fully saturated rings. The number of benzene rings is 1. The van der Waals surface area contributed by atoms with E-state index in [9.17, 15) is 9.18 Å². The Morgan fingerprint density at radius 1 is 1.17 bits per heavy atom. The average Bonchev–Trinajstić information content (AvgIpc) is 2.66. The molecule has 132 valence electrons. The molecule has 1 aliphatic heterocycles. The third-order valence-electron chi connectivity index (χ3n) is 3.76. The molecule has 1 atom stereocenters. The number of halogens is 3. The van der Waals surface area contributed by atoms with Crippen LogP contribution >= 0.6 is 24.8 Å². The quantitative estimate of drug-likeness (QED) is 0.891. The van der Waals surface area contributed by atoms with Crippen molar-refractivity contribution < 1.29 is 9.18 Å². The van der Waals surface area contributed by atoms with Gasteiger partial charge < -0.3 is 10.6 Å². The van der Waals surface area contributed by atoms with Crippen LogP contribution < -0.4 is 5.73 Å². The summed E-state index contributed by atoms with van der Waals surface area (Å²) in [6, 6.07) is 6.53. The van der Waals surface area contributed by atoms with Gasteiger partial charge in [-0.1, -0.05) is 12.1 Å². The second-order valence-electron chi connectivity index (χ2n) is 5.82. The van der Waals surface area contributed by atoms with Crippen LogP contribution in [0.2, 0.25) is 0 Å². The lowest BCUT2D eigenvalue weighted by Gasteiger charge is -2.22. The minimum Gasteiger partial charge on any atom is -0.341 e. The van der Waals surface area contributed by atoms with E-state index in [-0.39, 0.29) is 42.6 Å². The van der Waals surface area contributed by atoms with E-state index in [0.717, 1.165) is 44.7 Å². The summed E-state index contributed by atoms with van der Waals surface area (Å²) >= 11 is 0. The van der Waals surface area contributed by atoms with Gasteiger partial charge in [0.2, 0.25) is 5.91 Å². The first kappa shape index (κ1) is 22.1. The number of hydrogen-bond donors (Lipinski definition) is 1. The van der Waals surface area contributed by atoms with Crippen LogP contribution in [0, 0.1) is 5.82 Å². The van der Waals surface area contributed by atoms with Crippen molar-refractivity contribution in [3.05, 3.63) is 35.6 Å². The number of nitrogens with two attached hydrogens (primary N) is 1. The average molecular weight is 366 g/mol. The van der Waals surface area contributed by atoms with E-state index < -0.39 is 0 Å². The normalized spacial score (nSPS) is 16.7. The highest BCUT2D eigenvalue weighted by atomic mass is 35.5. The fraction of sp³-hybridized carbons (Fsp3) is 0.562. The zero-order valence-electron chi connectivity index (χ0n) is 13.4. The lowest BCUT2D eigenvalue weighted by atomic mass is 10.2. The minimum atomic E-state index is -0.206. The number of carbonyl (C=O) groups excluding carboxylic acids is 1. The Balaban J connectivity index is 0.00000242. The molecule has 2 N–H and O–H groups in total. The summed E-state index contributed by atoms with van der Waals surface area (Å²) < 4.78 is 12.9. The summed E-state index contributed by atoms with van der Waals surface area (Å²) in [7, 11) is 0. The molecule has 1 saturated heterocycles. The Labute approximate surface area is 150 Å². The highest BCUT2D eigenvalue weighted by Gasteiger charge is 2.19. The van der Waals surface area contributed by atoms with Crippen LogP contribution in [-0.4, -0.2) is 47.9 Å². The van der Waals surface area contributed by atoms with E-state index >= 15 is 0 Å². The van der Waals surface area contributed by atoms with Crippen molar-refractivity contribution in [3.8, 4) is 0 Å². The van der Waals surface area contributed by atoms with E-state index in [4.69, 9.17) is 5.73 Å². The van der Waals surface area contributed by atoms with Crippen LogP contribution in [0.3, 0.4) is 0 Å². The molecule has 1 aromatic carbocycles. The van der Waals surface area contributed by atoms with E-state index in [0.29, 0.717) is 6.42 Å². The van der Waals surface area contributed by atoms with Gasteiger partial charge in [-0.15, -0.1) is 24.8 Å². The SMILES string of the molecule is CC(N)CC(=O)N1CCCN(Cc2ccc(F)cc2)CC1.Cl.Cl. The lowest BCUT2D eigenvalue weighted by Crippen LogP contribution is -2.37. The third-order valence-corrected chi connectivity index (χ3v) is 3.76. The summed E-state index contributed by atoms with van der Waals surface area (Å²) in [6.45, 7) is 6.01. The molecule has 0 aliphatic carbocycles. The van der Waals surface area contributed by atoms with Gasteiger partial charge in [0, 0.05) is 45.2 Å². The van der Waals surface area contributed by atoms with Gasteiger partial charge >= 0.3 is 0 Å². The molecule has 0 aromatic heterocycles. The molecule has 1 aliphatic rings. The highest BCUT2D eigenvalue weighted by Crippen LogP contribution is 2.11. The zero-order valence-corrected chi connectivity index (χ0v) is 15.0. The second kappa shape index (κ2) is 10.8. The number of nitrogens with zero attached hydrogens (tertiary/aromatic N) is 2. The molecule has 2 rings (SSSR count). The standard InChI is InChI=1S/C16H24FN3O.2ClH/c1-13(18)11-16(21)20-8-2-7-19(9-10-20)12-14-3-5-15(17)6-4-14;;/h3-6,13H,2,7-12,18H2,1H3;2*1H. The molecule has 0 saturated carbocycles. The fourth-order valence-electron chi connectivity index (χ4n) is 2.63. The van der Waals surface area contributed by atoms with E-state index in [1.807, 2.05) is 24.0 Å².